The van der Waals surface area contributed by atoms with Crippen LogP contribution in [0.2, 0.25) is 0 Å². The van der Waals surface area contributed by atoms with Gasteiger partial charge in [-0.05, 0) is 61.2 Å². The number of hydrogen-bond acceptors (Lipinski definition) is 3. The van der Waals surface area contributed by atoms with Gasteiger partial charge in [-0.25, -0.2) is 0 Å². The molecule has 0 fully saturated rings. The van der Waals surface area contributed by atoms with Crippen LogP contribution in [0.4, 0.5) is 0 Å². The van der Waals surface area contributed by atoms with E-state index in [9.17, 15) is 10.2 Å². The minimum absolute atomic E-state index is 0.157. The zero-order valence-corrected chi connectivity index (χ0v) is 11.5. The molecule has 0 aliphatic rings. The number of rotatable bonds is 2. The Morgan fingerprint density at radius 3 is 2.32 bits per heavy atom. The van der Waals surface area contributed by atoms with Crippen LogP contribution in [0.15, 0.2) is 18.2 Å². The van der Waals surface area contributed by atoms with Crippen molar-refractivity contribution in [2.45, 2.75) is 20.8 Å². The third kappa shape index (κ3) is 2.12. The van der Waals surface area contributed by atoms with Gasteiger partial charge in [0.2, 0.25) is 0 Å². The third-order valence-corrected chi connectivity index (χ3v) is 3.63. The fourth-order valence-corrected chi connectivity index (χ4v) is 2.20. The second kappa shape index (κ2) is 4.84. The van der Waals surface area contributed by atoms with Gasteiger partial charge in [-0.3, -0.25) is 0 Å². The molecule has 2 aromatic carbocycles. The molecular weight excluding hydrogens is 240 g/mol. The molecule has 0 spiro atoms. The zero-order chi connectivity index (χ0) is 14.2. The maximum absolute atomic E-state index is 9.98. The van der Waals surface area contributed by atoms with Gasteiger partial charge in [0.15, 0.2) is 11.5 Å². The molecule has 0 bridgehead atoms. The Bertz CT molecular complexity index is 630. The molecule has 0 saturated heterocycles. The van der Waals surface area contributed by atoms with Crippen molar-refractivity contribution in [2.24, 2.45) is 0 Å². The van der Waals surface area contributed by atoms with E-state index in [2.05, 4.69) is 6.07 Å². The molecule has 2 rings (SSSR count). The van der Waals surface area contributed by atoms with E-state index < -0.39 is 0 Å². The molecule has 0 aromatic heterocycles. The molecule has 0 heterocycles. The van der Waals surface area contributed by atoms with Crippen molar-refractivity contribution in [3.05, 3.63) is 41.0 Å². The molecule has 0 aliphatic heterocycles. The molecule has 0 aliphatic carbocycles. The molecule has 19 heavy (non-hydrogen) atoms. The number of ether oxygens (including phenoxy) is 1. The van der Waals surface area contributed by atoms with E-state index in [0.717, 1.165) is 28.0 Å². The van der Waals surface area contributed by atoms with Gasteiger partial charge in [-0.1, -0.05) is 0 Å². The fourth-order valence-electron chi connectivity index (χ4n) is 2.20. The number of methoxy groups -OCH3 is 1. The maximum atomic E-state index is 9.98. The predicted octanol–water partition coefficient (Wildman–Crippen LogP) is 3.50. The Balaban J connectivity index is 2.76. The largest absolute Gasteiger partial charge is 0.504 e. The van der Waals surface area contributed by atoms with Gasteiger partial charge >= 0.3 is 0 Å². The van der Waals surface area contributed by atoms with Crippen LogP contribution in [0.25, 0.3) is 11.1 Å². The second-order valence-electron chi connectivity index (χ2n) is 4.59. The summed E-state index contributed by atoms with van der Waals surface area (Å²) in [7, 11) is 1.62. The Kier molecular flexibility index (Phi) is 3.38. The highest BCUT2D eigenvalue weighted by Gasteiger charge is 2.15. The van der Waals surface area contributed by atoms with E-state index in [0.29, 0.717) is 5.56 Å². The summed E-state index contributed by atoms with van der Waals surface area (Å²) in [6, 6.07) is 7.76. The normalized spacial score (nSPS) is 10.5. The Morgan fingerprint density at radius 2 is 1.68 bits per heavy atom. The van der Waals surface area contributed by atoms with Crippen molar-refractivity contribution < 1.29 is 14.9 Å². The zero-order valence-electron chi connectivity index (χ0n) is 11.5. The lowest BCUT2D eigenvalue weighted by atomic mass is 9.92. The van der Waals surface area contributed by atoms with Gasteiger partial charge in [0, 0.05) is 11.6 Å². The topological polar surface area (TPSA) is 49.7 Å². The highest BCUT2D eigenvalue weighted by atomic mass is 16.5. The van der Waals surface area contributed by atoms with Gasteiger partial charge < -0.3 is 14.9 Å². The van der Waals surface area contributed by atoms with Gasteiger partial charge in [0.25, 0.3) is 0 Å². The summed E-state index contributed by atoms with van der Waals surface area (Å²) in [6.45, 7) is 6.01. The van der Waals surface area contributed by atoms with E-state index in [1.807, 2.05) is 26.8 Å². The van der Waals surface area contributed by atoms with Gasteiger partial charge in [-0.2, -0.15) is 0 Å². The Morgan fingerprint density at radius 1 is 1.00 bits per heavy atom. The van der Waals surface area contributed by atoms with Gasteiger partial charge in [0.1, 0.15) is 5.75 Å². The number of aromatic hydroxyl groups is 2. The van der Waals surface area contributed by atoms with Crippen LogP contribution < -0.4 is 4.74 Å². The Labute approximate surface area is 113 Å². The quantitative estimate of drug-likeness (QED) is 0.809. The number of hydrogen-bond donors (Lipinski definition) is 2. The summed E-state index contributed by atoms with van der Waals surface area (Å²) in [4.78, 5) is 0. The second-order valence-corrected chi connectivity index (χ2v) is 4.59. The summed E-state index contributed by atoms with van der Waals surface area (Å²) >= 11 is 0. The minimum atomic E-state index is -0.242. The molecule has 1 radical (unpaired) electrons. The molecule has 99 valence electrons. The lowest BCUT2D eigenvalue weighted by Crippen LogP contribution is -1.96. The molecule has 3 heteroatoms. The van der Waals surface area contributed by atoms with E-state index in [4.69, 9.17) is 4.74 Å². The summed E-state index contributed by atoms with van der Waals surface area (Å²) in [5.41, 5.74) is 4.67. The third-order valence-electron chi connectivity index (χ3n) is 3.63. The molecule has 2 aromatic rings. The molecule has 2 N–H and O–H groups in total. The van der Waals surface area contributed by atoms with Crippen LogP contribution >= 0.6 is 0 Å². The van der Waals surface area contributed by atoms with Crippen LogP contribution in [-0.4, -0.2) is 17.3 Å². The van der Waals surface area contributed by atoms with Crippen molar-refractivity contribution in [1.29, 1.82) is 0 Å². The summed E-state index contributed by atoms with van der Waals surface area (Å²) < 4.78 is 5.36. The van der Waals surface area contributed by atoms with Crippen LogP contribution in [0, 0.1) is 26.8 Å². The van der Waals surface area contributed by atoms with Crippen molar-refractivity contribution in [3.8, 4) is 28.4 Å². The van der Waals surface area contributed by atoms with Gasteiger partial charge in [-0.15, -0.1) is 0 Å². The minimum Gasteiger partial charge on any atom is -0.504 e. The van der Waals surface area contributed by atoms with Crippen molar-refractivity contribution in [1.82, 2.24) is 0 Å². The first-order valence-corrected chi connectivity index (χ1v) is 6.05. The van der Waals surface area contributed by atoms with E-state index in [1.165, 1.54) is 0 Å². The highest BCUT2D eigenvalue weighted by Crippen LogP contribution is 2.40. The van der Waals surface area contributed by atoms with Crippen molar-refractivity contribution in [2.75, 3.05) is 7.11 Å². The molecule has 3 nitrogen and oxygen atoms in total. The van der Waals surface area contributed by atoms with Crippen LogP contribution in [-0.2, 0) is 0 Å². The van der Waals surface area contributed by atoms with Crippen LogP contribution in [0.5, 0.6) is 17.2 Å². The molecule has 0 unspecified atom stereocenters. The van der Waals surface area contributed by atoms with E-state index in [1.54, 1.807) is 19.2 Å². The van der Waals surface area contributed by atoms with Crippen molar-refractivity contribution in [3.63, 3.8) is 0 Å². The average molecular weight is 257 g/mol. The lowest BCUT2D eigenvalue weighted by Gasteiger charge is -2.16. The first-order chi connectivity index (χ1) is 8.97. The first-order valence-electron chi connectivity index (χ1n) is 6.05. The Hall–Kier alpha value is -2.16. The molecule has 0 atom stereocenters. The SMILES string of the molecule is COc1cc(-c2cc[c]c(O)c2O)c(C)c(C)c1C. The van der Waals surface area contributed by atoms with Crippen LogP contribution in [0.3, 0.4) is 0 Å². The number of benzene rings is 2. The van der Waals surface area contributed by atoms with E-state index >= 15 is 0 Å². The molecule has 0 saturated carbocycles. The molecular formula is C16H17O3. The van der Waals surface area contributed by atoms with Crippen molar-refractivity contribution >= 4 is 0 Å². The number of phenols is 2. The summed E-state index contributed by atoms with van der Waals surface area (Å²) in [5.74, 6) is 0.370. The fraction of sp³-hybridized carbons (Fsp3) is 0.250. The van der Waals surface area contributed by atoms with Gasteiger partial charge in [0.05, 0.1) is 7.11 Å². The van der Waals surface area contributed by atoms with Crippen LogP contribution in [0.1, 0.15) is 16.7 Å². The number of phenolic OH excluding ortho intramolecular Hbond substituents is 2. The average Bonchev–Trinajstić information content (AvgIpc) is 2.40. The summed E-state index contributed by atoms with van der Waals surface area (Å²) in [6.07, 6.45) is 0. The highest BCUT2D eigenvalue weighted by molar-refractivity contribution is 5.78. The standard InChI is InChI=1S/C16H17O3/c1-9-10(2)13(8-15(19-4)11(9)3)12-6-5-7-14(17)16(12)18/h5-6,8,17-18H,1-4H3. The smallest absolute Gasteiger partial charge is 0.166 e. The lowest BCUT2D eigenvalue weighted by molar-refractivity contribution is 0.404. The monoisotopic (exact) mass is 257 g/mol. The summed E-state index contributed by atoms with van der Waals surface area (Å²) in [5, 5.41) is 19.5. The predicted molar refractivity (Wildman–Crippen MR) is 74.8 cm³/mol. The van der Waals surface area contributed by atoms with E-state index in [-0.39, 0.29) is 11.5 Å². The molecule has 0 amide bonds. The first kappa shape index (κ1) is 13.3. The maximum Gasteiger partial charge on any atom is 0.166 e.